The Hall–Kier alpha value is -0.300. The Labute approximate surface area is 75.4 Å². The van der Waals surface area contributed by atoms with E-state index in [0.717, 1.165) is 0 Å². The number of hydrogen-bond donors (Lipinski definition) is 0. The fourth-order valence-corrected chi connectivity index (χ4v) is 2.04. The molecular weight excluding hydrogens is 146 g/mol. The Kier molecular flexibility index (Phi) is 1.99. The second-order valence-corrected chi connectivity index (χ2v) is 4.70. The predicted octanol–water partition coefficient (Wildman–Crippen LogP) is 2.44. The van der Waals surface area contributed by atoms with Crippen LogP contribution in [0.5, 0.6) is 0 Å². The third kappa shape index (κ3) is 1.56. The van der Waals surface area contributed by atoms with Crippen LogP contribution in [0.1, 0.15) is 33.1 Å². The molecule has 0 bridgehead atoms. The highest BCUT2D eigenvalue weighted by Crippen LogP contribution is 2.50. The van der Waals surface area contributed by atoms with Crippen LogP contribution in [0.25, 0.3) is 0 Å². The van der Waals surface area contributed by atoms with Crippen LogP contribution in [-0.2, 0) is 0 Å². The number of nitrogens with zero attached hydrogens (tertiary/aromatic N) is 1. The van der Waals surface area contributed by atoms with E-state index < -0.39 is 0 Å². The van der Waals surface area contributed by atoms with Crippen LogP contribution in [0, 0.1) is 5.41 Å². The molecular formula is C11H19N. The van der Waals surface area contributed by atoms with Gasteiger partial charge in [-0.05, 0) is 38.5 Å². The zero-order chi connectivity index (χ0) is 8.60. The lowest BCUT2D eigenvalue weighted by Gasteiger charge is -2.27. The Morgan fingerprint density at radius 3 is 2.58 bits per heavy atom. The van der Waals surface area contributed by atoms with E-state index in [9.17, 15) is 0 Å². The van der Waals surface area contributed by atoms with Crippen LogP contribution in [0.2, 0.25) is 0 Å². The van der Waals surface area contributed by atoms with Gasteiger partial charge in [0.05, 0.1) is 0 Å². The summed E-state index contributed by atoms with van der Waals surface area (Å²) in [4.78, 5) is 2.59. The third-order valence-electron chi connectivity index (χ3n) is 3.28. The van der Waals surface area contributed by atoms with Gasteiger partial charge in [0.15, 0.2) is 0 Å². The van der Waals surface area contributed by atoms with Crippen LogP contribution in [-0.4, -0.2) is 24.0 Å². The monoisotopic (exact) mass is 165 g/mol. The second-order valence-electron chi connectivity index (χ2n) is 4.70. The molecule has 12 heavy (non-hydrogen) atoms. The van der Waals surface area contributed by atoms with E-state index in [1.807, 2.05) is 0 Å². The van der Waals surface area contributed by atoms with Crippen molar-refractivity contribution in [1.82, 2.24) is 4.90 Å². The molecule has 1 spiro atoms. The first kappa shape index (κ1) is 8.31. The lowest BCUT2D eigenvalue weighted by atomic mass is 10.0. The molecule has 1 fully saturated rings. The quantitative estimate of drug-likeness (QED) is 0.539. The van der Waals surface area contributed by atoms with E-state index in [0.29, 0.717) is 11.5 Å². The van der Waals surface area contributed by atoms with Crippen molar-refractivity contribution in [2.45, 2.75) is 39.2 Å². The molecule has 2 aliphatic rings. The van der Waals surface area contributed by atoms with Gasteiger partial charge < -0.3 is 0 Å². The zero-order valence-electron chi connectivity index (χ0n) is 8.21. The lowest BCUT2D eigenvalue weighted by Crippen LogP contribution is -2.35. The maximum Gasteiger partial charge on any atom is 0.0166 e. The molecule has 2 rings (SSSR count). The van der Waals surface area contributed by atoms with Crippen LogP contribution < -0.4 is 0 Å². The van der Waals surface area contributed by atoms with E-state index in [1.54, 1.807) is 0 Å². The van der Waals surface area contributed by atoms with E-state index >= 15 is 0 Å². The molecule has 1 aliphatic heterocycles. The van der Waals surface area contributed by atoms with E-state index in [4.69, 9.17) is 0 Å². The van der Waals surface area contributed by atoms with Crippen molar-refractivity contribution in [3.8, 4) is 0 Å². The van der Waals surface area contributed by atoms with Crippen molar-refractivity contribution in [2.24, 2.45) is 5.41 Å². The van der Waals surface area contributed by atoms with Gasteiger partial charge in [-0.3, -0.25) is 4.90 Å². The summed E-state index contributed by atoms with van der Waals surface area (Å²) in [5, 5.41) is 0. The van der Waals surface area contributed by atoms with Crippen molar-refractivity contribution >= 4 is 0 Å². The maximum absolute atomic E-state index is 2.59. The highest BCUT2D eigenvalue weighted by Gasteiger charge is 2.43. The molecule has 0 amide bonds. The van der Waals surface area contributed by atoms with E-state index in [1.165, 1.54) is 32.4 Å². The molecule has 1 saturated carbocycles. The molecule has 68 valence electrons. The fourth-order valence-electron chi connectivity index (χ4n) is 2.04. The van der Waals surface area contributed by atoms with Gasteiger partial charge in [0.2, 0.25) is 0 Å². The molecule has 0 atom stereocenters. The minimum Gasteiger partial charge on any atom is -0.297 e. The first-order valence-electron chi connectivity index (χ1n) is 5.11. The summed E-state index contributed by atoms with van der Waals surface area (Å²) in [6.07, 6.45) is 8.97. The maximum atomic E-state index is 2.59. The number of hydrogen-bond acceptors (Lipinski definition) is 1. The SMILES string of the molecule is CC(C)N1CC=CCC2(CC2)C1. The number of allylic oxidation sites excluding steroid dienone is 1. The van der Waals surface area contributed by atoms with Crippen molar-refractivity contribution in [1.29, 1.82) is 0 Å². The Balaban J connectivity index is 2.02. The Morgan fingerprint density at radius 1 is 1.25 bits per heavy atom. The average molecular weight is 165 g/mol. The van der Waals surface area contributed by atoms with Crippen LogP contribution >= 0.6 is 0 Å². The first-order valence-corrected chi connectivity index (χ1v) is 5.11. The second kappa shape index (κ2) is 2.88. The van der Waals surface area contributed by atoms with E-state index in [2.05, 4.69) is 30.9 Å². The van der Waals surface area contributed by atoms with Gasteiger partial charge in [0.1, 0.15) is 0 Å². The van der Waals surface area contributed by atoms with Crippen molar-refractivity contribution in [2.75, 3.05) is 13.1 Å². The first-order chi connectivity index (χ1) is 5.72. The molecule has 0 N–H and O–H groups in total. The van der Waals surface area contributed by atoms with Gasteiger partial charge in [-0.1, -0.05) is 12.2 Å². The summed E-state index contributed by atoms with van der Waals surface area (Å²) in [5.41, 5.74) is 0.706. The number of rotatable bonds is 1. The summed E-state index contributed by atoms with van der Waals surface area (Å²) in [7, 11) is 0. The summed E-state index contributed by atoms with van der Waals surface area (Å²) in [6, 6.07) is 0.713. The van der Waals surface area contributed by atoms with Gasteiger partial charge >= 0.3 is 0 Å². The highest BCUT2D eigenvalue weighted by molar-refractivity contribution is 5.05. The van der Waals surface area contributed by atoms with Crippen LogP contribution in [0.15, 0.2) is 12.2 Å². The van der Waals surface area contributed by atoms with Gasteiger partial charge in [0.25, 0.3) is 0 Å². The molecule has 0 saturated heterocycles. The average Bonchev–Trinajstić information content (AvgIpc) is 2.80. The largest absolute Gasteiger partial charge is 0.297 e. The van der Waals surface area contributed by atoms with Gasteiger partial charge in [-0.25, -0.2) is 0 Å². The zero-order valence-corrected chi connectivity index (χ0v) is 8.21. The van der Waals surface area contributed by atoms with Crippen molar-refractivity contribution < 1.29 is 0 Å². The molecule has 0 aromatic carbocycles. The van der Waals surface area contributed by atoms with Gasteiger partial charge in [-0.2, -0.15) is 0 Å². The minimum atomic E-state index is 0.706. The van der Waals surface area contributed by atoms with Crippen molar-refractivity contribution in [3.05, 3.63) is 12.2 Å². The van der Waals surface area contributed by atoms with Gasteiger partial charge in [-0.15, -0.1) is 0 Å². The Bertz CT molecular complexity index is 189. The van der Waals surface area contributed by atoms with Crippen molar-refractivity contribution in [3.63, 3.8) is 0 Å². The molecule has 0 radical (unpaired) electrons. The molecule has 0 aromatic heterocycles. The lowest BCUT2D eigenvalue weighted by molar-refractivity contribution is 0.203. The molecule has 1 heteroatoms. The molecule has 1 nitrogen and oxygen atoms in total. The fraction of sp³-hybridized carbons (Fsp3) is 0.818. The van der Waals surface area contributed by atoms with Crippen LogP contribution in [0.3, 0.4) is 0 Å². The summed E-state index contributed by atoms with van der Waals surface area (Å²) >= 11 is 0. The summed E-state index contributed by atoms with van der Waals surface area (Å²) in [5.74, 6) is 0. The smallest absolute Gasteiger partial charge is 0.0166 e. The topological polar surface area (TPSA) is 3.24 Å². The summed E-state index contributed by atoms with van der Waals surface area (Å²) in [6.45, 7) is 7.10. The molecule has 1 aliphatic carbocycles. The minimum absolute atomic E-state index is 0.706. The Morgan fingerprint density at radius 2 is 2.00 bits per heavy atom. The molecule has 0 unspecified atom stereocenters. The standard InChI is InChI=1S/C11H19N/c1-10(2)12-8-4-3-5-11(9-12)6-7-11/h3-4,10H,5-9H2,1-2H3. The normalized spacial score (nSPS) is 27.9. The van der Waals surface area contributed by atoms with Crippen LogP contribution in [0.4, 0.5) is 0 Å². The van der Waals surface area contributed by atoms with E-state index in [-0.39, 0.29) is 0 Å². The molecule has 0 aromatic rings. The molecule has 1 heterocycles. The third-order valence-corrected chi connectivity index (χ3v) is 3.28. The predicted molar refractivity (Wildman–Crippen MR) is 52.1 cm³/mol. The van der Waals surface area contributed by atoms with Gasteiger partial charge in [0, 0.05) is 19.1 Å². The highest BCUT2D eigenvalue weighted by atomic mass is 15.2. The summed E-state index contributed by atoms with van der Waals surface area (Å²) < 4.78 is 0.